The van der Waals surface area contributed by atoms with Crippen molar-refractivity contribution in [2.75, 3.05) is 13.2 Å². The molecular weight excluding hydrogens is 268 g/mol. The molecule has 1 saturated heterocycles. The Bertz CT molecular complexity index is 401. The van der Waals surface area contributed by atoms with Crippen LogP contribution < -0.4 is 11.2 Å². The van der Waals surface area contributed by atoms with E-state index in [-0.39, 0.29) is 16.8 Å². The molecule has 106 valence electrons. The molecule has 0 saturated carbocycles. The first-order valence-electron chi connectivity index (χ1n) is 5.93. The highest BCUT2D eigenvalue weighted by Crippen LogP contribution is 2.15. The fraction of sp³-hybridized carbons (Fsp3) is 0.500. The minimum absolute atomic E-state index is 0.0616. The van der Waals surface area contributed by atoms with Crippen LogP contribution in [0.1, 0.15) is 19.8 Å². The molecule has 0 radical (unpaired) electrons. The van der Waals surface area contributed by atoms with E-state index in [1.165, 1.54) is 6.08 Å². The number of nitrogens with zero attached hydrogens (tertiary/aromatic N) is 1. The van der Waals surface area contributed by atoms with Crippen molar-refractivity contribution < 1.29 is 9.57 Å². The van der Waals surface area contributed by atoms with Crippen molar-refractivity contribution in [2.45, 2.75) is 25.8 Å². The summed E-state index contributed by atoms with van der Waals surface area (Å²) >= 11 is 6.10. The molecule has 1 rings (SSSR count). The van der Waals surface area contributed by atoms with Gasteiger partial charge in [-0.15, -0.1) is 0 Å². The summed E-state index contributed by atoms with van der Waals surface area (Å²) in [5.74, 6) is 5.76. The van der Waals surface area contributed by atoms with Gasteiger partial charge < -0.3 is 14.9 Å². The van der Waals surface area contributed by atoms with E-state index < -0.39 is 0 Å². The molecule has 0 bridgehead atoms. The number of rotatable bonds is 6. The van der Waals surface area contributed by atoms with Gasteiger partial charge in [-0.05, 0) is 26.5 Å². The molecule has 0 atom stereocenters. The Labute approximate surface area is 117 Å². The third kappa shape index (κ3) is 5.02. The van der Waals surface area contributed by atoms with Crippen LogP contribution in [0.3, 0.4) is 0 Å². The Morgan fingerprint density at radius 2 is 2.21 bits per heavy atom. The number of ether oxygens (including phenoxy) is 1. The number of halogens is 1. The molecule has 1 heterocycles. The number of allylic oxidation sites excluding steroid dienone is 3. The van der Waals surface area contributed by atoms with Crippen molar-refractivity contribution in [3.8, 4) is 0 Å². The summed E-state index contributed by atoms with van der Waals surface area (Å²) in [6.07, 6.45) is 3.16. The fourth-order valence-corrected chi connectivity index (χ4v) is 1.81. The molecule has 6 nitrogen and oxygen atoms in total. The van der Waals surface area contributed by atoms with Crippen LogP contribution in [0.15, 0.2) is 27.7 Å². The maximum absolute atomic E-state index is 7.83. The Morgan fingerprint density at radius 3 is 2.74 bits per heavy atom. The second-order valence-electron chi connectivity index (χ2n) is 4.14. The lowest BCUT2D eigenvalue weighted by Gasteiger charge is -2.24. The average molecular weight is 287 g/mol. The first-order valence-corrected chi connectivity index (χ1v) is 6.31. The summed E-state index contributed by atoms with van der Waals surface area (Å²) in [4.78, 5) is 8.33. The molecule has 0 aromatic carbocycles. The van der Waals surface area contributed by atoms with Crippen molar-refractivity contribution in [1.82, 2.24) is 5.32 Å². The highest BCUT2D eigenvalue weighted by molar-refractivity contribution is 6.45. The van der Waals surface area contributed by atoms with Crippen molar-refractivity contribution >= 4 is 24.0 Å². The predicted octanol–water partition coefficient (Wildman–Crippen LogP) is 1.68. The first-order chi connectivity index (χ1) is 9.08. The SMILES string of the molecule is C=N/C(NC1CCOCC1)=C(/Cl)C(=N)/C=C(\C)ON. The van der Waals surface area contributed by atoms with Gasteiger partial charge in [-0.3, -0.25) is 5.41 Å². The van der Waals surface area contributed by atoms with E-state index in [0.29, 0.717) is 24.8 Å². The van der Waals surface area contributed by atoms with Gasteiger partial charge in [0.25, 0.3) is 0 Å². The molecule has 7 heteroatoms. The molecule has 0 spiro atoms. The summed E-state index contributed by atoms with van der Waals surface area (Å²) in [6, 6.07) is 0.228. The van der Waals surface area contributed by atoms with Gasteiger partial charge in [0, 0.05) is 25.3 Å². The van der Waals surface area contributed by atoms with E-state index in [4.69, 9.17) is 27.6 Å². The van der Waals surface area contributed by atoms with Gasteiger partial charge in [-0.25, -0.2) is 4.99 Å². The lowest BCUT2D eigenvalue weighted by molar-refractivity contribution is 0.0803. The van der Waals surface area contributed by atoms with Crippen molar-refractivity contribution in [3.63, 3.8) is 0 Å². The van der Waals surface area contributed by atoms with E-state index in [1.54, 1.807) is 6.92 Å². The van der Waals surface area contributed by atoms with Crippen molar-refractivity contribution in [3.05, 3.63) is 22.7 Å². The molecule has 0 amide bonds. The number of hydrogen-bond donors (Lipinski definition) is 3. The van der Waals surface area contributed by atoms with E-state index in [2.05, 4.69) is 21.9 Å². The van der Waals surface area contributed by atoms with Crippen LogP contribution in [-0.2, 0) is 9.57 Å². The molecule has 1 aliphatic rings. The van der Waals surface area contributed by atoms with E-state index in [9.17, 15) is 0 Å². The lowest BCUT2D eigenvalue weighted by Crippen LogP contribution is -2.34. The van der Waals surface area contributed by atoms with Crippen LogP contribution >= 0.6 is 11.6 Å². The monoisotopic (exact) mass is 286 g/mol. The average Bonchev–Trinajstić information content (AvgIpc) is 2.44. The lowest BCUT2D eigenvalue weighted by atomic mass is 10.1. The number of aliphatic imine (C=N–C) groups is 1. The van der Waals surface area contributed by atoms with Crippen LogP contribution in [-0.4, -0.2) is 31.7 Å². The second-order valence-corrected chi connectivity index (χ2v) is 4.52. The van der Waals surface area contributed by atoms with Gasteiger partial charge in [0.05, 0.1) is 5.71 Å². The number of hydrogen-bond acceptors (Lipinski definition) is 6. The molecule has 4 N–H and O–H groups in total. The summed E-state index contributed by atoms with van der Waals surface area (Å²) in [6.45, 7) is 6.51. The van der Waals surface area contributed by atoms with Crippen LogP contribution in [0.4, 0.5) is 0 Å². The quantitative estimate of drug-likeness (QED) is 0.393. The smallest absolute Gasteiger partial charge is 0.146 e. The van der Waals surface area contributed by atoms with Crippen LogP contribution in [0.5, 0.6) is 0 Å². The Morgan fingerprint density at radius 1 is 1.58 bits per heavy atom. The maximum atomic E-state index is 7.83. The topological polar surface area (TPSA) is 92.7 Å². The van der Waals surface area contributed by atoms with Gasteiger partial charge in [-0.1, -0.05) is 11.6 Å². The van der Waals surface area contributed by atoms with Crippen molar-refractivity contribution in [2.24, 2.45) is 10.9 Å². The Balaban J connectivity index is 2.76. The van der Waals surface area contributed by atoms with Gasteiger partial charge >= 0.3 is 0 Å². The third-order valence-corrected chi connectivity index (χ3v) is 3.08. The third-order valence-electron chi connectivity index (χ3n) is 2.70. The summed E-state index contributed by atoms with van der Waals surface area (Å²) in [5, 5.41) is 11.2. The highest BCUT2D eigenvalue weighted by atomic mass is 35.5. The molecule has 0 unspecified atom stereocenters. The van der Waals surface area contributed by atoms with Crippen LogP contribution in [0, 0.1) is 5.41 Å². The zero-order valence-electron chi connectivity index (χ0n) is 10.9. The minimum Gasteiger partial charge on any atom is -0.416 e. The first kappa shape index (κ1) is 15.7. The van der Waals surface area contributed by atoms with Crippen LogP contribution in [0.25, 0.3) is 0 Å². The number of nitrogens with two attached hydrogens (primary N) is 1. The molecule has 0 aromatic heterocycles. The normalized spacial score (nSPS) is 18.6. The Kier molecular flexibility index (Phi) is 6.55. The molecule has 0 aromatic rings. The predicted molar refractivity (Wildman–Crippen MR) is 76.2 cm³/mol. The Hall–Kier alpha value is -1.37. The standard InChI is InChI=1S/C12H19ClN4O2/c1-8(19-15)7-10(14)11(13)12(16-2)17-9-3-5-18-6-4-9/h7,9,14,17H,2-6,15H2,1H3/b8-7+,12-11-,14-10?. The number of nitrogens with one attached hydrogen (secondary N) is 2. The summed E-state index contributed by atoms with van der Waals surface area (Å²) in [5.41, 5.74) is 0.0616. The molecular formula is C12H19ClN4O2. The zero-order valence-corrected chi connectivity index (χ0v) is 11.7. The largest absolute Gasteiger partial charge is 0.416 e. The molecule has 1 aliphatic heterocycles. The van der Waals surface area contributed by atoms with E-state index in [0.717, 1.165) is 12.8 Å². The molecule has 19 heavy (non-hydrogen) atoms. The van der Waals surface area contributed by atoms with Gasteiger partial charge in [-0.2, -0.15) is 5.90 Å². The van der Waals surface area contributed by atoms with Gasteiger partial charge in [0.15, 0.2) is 0 Å². The fourth-order valence-electron chi connectivity index (χ4n) is 1.64. The summed E-state index contributed by atoms with van der Waals surface area (Å²) < 4.78 is 5.27. The second kappa shape index (κ2) is 7.93. The highest BCUT2D eigenvalue weighted by Gasteiger charge is 2.16. The van der Waals surface area contributed by atoms with Gasteiger partial charge in [0.1, 0.15) is 16.6 Å². The maximum Gasteiger partial charge on any atom is 0.146 e. The zero-order chi connectivity index (χ0) is 14.3. The summed E-state index contributed by atoms with van der Waals surface area (Å²) in [7, 11) is 0. The molecule has 0 aliphatic carbocycles. The van der Waals surface area contributed by atoms with Gasteiger partial charge in [0.2, 0.25) is 0 Å². The van der Waals surface area contributed by atoms with E-state index in [1.807, 2.05) is 0 Å². The van der Waals surface area contributed by atoms with Crippen molar-refractivity contribution in [1.29, 1.82) is 5.41 Å². The minimum atomic E-state index is 0.0616. The van der Waals surface area contributed by atoms with Crippen LogP contribution in [0.2, 0.25) is 0 Å². The van der Waals surface area contributed by atoms with E-state index >= 15 is 0 Å². The molecule has 1 fully saturated rings.